The number of ketones is 1. The highest BCUT2D eigenvalue weighted by molar-refractivity contribution is 5.90. The van der Waals surface area contributed by atoms with Gasteiger partial charge in [-0.15, -0.1) is 0 Å². The molecule has 2 N–H and O–H groups in total. The van der Waals surface area contributed by atoms with Gasteiger partial charge in [-0.1, -0.05) is 30.3 Å². The summed E-state index contributed by atoms with van der Waals surface area (Å²) in [6.07, 6.45) is 0.0375. The Kier molecular flexibility index (Phi) is 4.21. The fourth-order valence-corrected chi connectivity index (χ4v) is 1.34. The Hall–Kier alpha value is -1.19. The number of rotatable bonds is 5. The lowest BCUT2D eigenvalue weighted by Gasteiger charge is -2.24. The minimum Gasteiger partial charge on any atom is -0.371 e. The van der Waals surface area contributed by atoms with Crippen LogP contribution in [-0.4, -0.2) is 18.5 Å². The van der Waals surface area contributed by atoms with Crippen LogP contribution in [0.1, 0.15) is 26.3 Å². The average Bonchev–Trinajstić information content (AvgIpc) is 2.27. The van der Waals surface area contributed by atoms with Crippen molar-refractivity contribution in [3.05, 3.63) is 35.9 Å². The lowest BCUT2D eigenvalue weighted by atomic mass is 9.89. The van der Waals surface area contributed by atoms with Crippen molar-refractivity contribution in [3.8, 4) is 0 Å². The Morgan fingerprint density at radius 2 is 1.94 bits per heavy atom. The molecule has 1 rings (SSSR count). The van der Waals surface area contributed by atoms with E-state index in [1.807, 2.05) is 44.2 Å². The smallest absolute Gasteiger partial charge is 0.182 e. The summed E-state index contributed by atoms with van der Waals surface area (Å²) in [6, 6.07) is 9.35. The van der Waals surface area contributed by atoms with Gasteiger partial charge in [0.25, 0.3) is 0 Å². The van der Waals surface area contributed by atoms with Crippen LogP contribution in [0.4, 0.5) is 0 Å². The van der Waals surface area contributed by atoms with Crippen molar-refractivity contribution in [1.82, 2.24) is 0 Å². The standard InChI is InChI=1S/C13H19NO2/c1-10(2)16-9-12(15)13(3,14)11-7-5-4-6-8-11/h4-8,10H,9,14H2,1-3H3. The van der Waals surface area contributed by atoms with Gasteiger partial charge in [-0.05, 0) is 26.3 Å². The molecular weight excluding hydrogens is 202 g/mol. The molecule has 3 nitrogen and oxygen atoms in total. The molecule has 1 atom stereocenters. The molecule has 88 valence electrons. The van der Waals surface area contributed by atoms with Crippen molar-refractivity contribution < 1.29 is 9.53 Å². The Morgan fingerprint density at radius 1 is 1.38 bits per heavy atom. The molecule has 1 aromatic rings. The summed E-state index contributed by atoms with van der Waals surface area (Å²) in [5.74, 6) is -0.104. The van der Waals surface area contributed by atoms with Crippen molar-refractivity contribution >= 4 is 5.78 Å². The number of benzene rings is 1. The normalized spacial score (nSPS) is 14.8. The van der Waals surface area contributed by atoms with Crippen LogP contribution in [0, 0.1) is 0 Å². The first kappa shape index (κ1) is 12.9. The van der Waals surface area contributed by atoms with Gasteiger partial charge < -0.3 is 10.5 Å². The van der Waals surface area contributed by atoms with E-state index in [-0.39, 0.29) is 18.5 Å². The van der Waals surface area contributed by atoms with Gasteiger partial charge >= 0.3 is 0 Å². The van der Waals surface area contributed by atoms with Crippen LogP contribution in [0.2, 0.25) is 0 Å². The summed E-state index contributed by atoms with van der Waals surface area (Å²) in [5.41, 5.74) is 5.87. The van der Waals surface area contributed by atoms with E-state index in [1.165, 1.54) is 0 Å². The molecule has 0 radical (unpaired) electrons. The van der Waals surface area contributed by atoms with Crippen LogP contribution in [0.3, 0.4) is 0 Å². The van der Waals surface area contributed by atoms with Crippen molar-refractivity contribution in [1.29, 1.82) is 0 Å². The second-order valence-electron chi connectivity index (χ2n) is 4.35. The molecule has 3 heteroatoms. The lowest BCUT2D eigenvalue weighted by molar-refractivity contribution is -0.130. The molecule has 0 bridgehead atoms. The molecule has 0 spiro atoms. The summed E-state index contributed by atoms with van der Waals surface area (Å²) in [6.45, 7) is 5.56. The number of hydrogen-bond acceptors (Lipinski definition) is 3. The van der Waals surface area contributed by atoms with E-state index >= 15 is 0 Å². The zero-order valence-corrected chi connectivity index (χ0v) is 10.1. The predicted octanol–water partition coefficient (Wildman–Crippen LogP) is 1.85. The Balaban J connectivity index is 2.74. The number of hydrogen-bond donors (Lipinski definition) is 1. The van der Waals surface area contributed by atoms with E-state index in [1.54, 1.807) is 6.92 Å². The van der Waals surface area contributed by atoms with Crippen LogP contribution in [0.5, 0.6) is 0 Å². The topological polar surface area (TPSA) is 52.3 Å². The van der Waals surface area contributed by atoms with E-state index in [9.17, 15) is 4.79 Å². The molecule has 0 saturated heterocycles. The minimum absolute atomic E-state index is 0.0375. The quantitative estimate of drug-likeness (QED) is 0.825. The van der Waals surface area contributed by atoms with E-state index in [0.717, 1.165) is 5.56 Å². The maximum Gasteiger partial charge on any atom is 0.182 e. The van der Waals surface area contributed by atoms with Gasteiger partial charge in [-0.2, -0.15) is 0 Å². The molecular formula is C13H19NO2. The number of carbonyl (C=O) groups is 1. The van der Waals surface area contributed by atoms with Crippen molar-refractivity contribution in [2.75, 3.05) is 6.61 Å². The molecule has 0 fully saturated rings. The summed E-state index contributed by atoms with van der Waals surface area (Å²) in [5, 5.41) is 0. The highest BCUT2D eigenvalue weighted by Crippen LogP contribution is 2.18. The molecule has 0 heterocycles. The summed E-state index contributed by atoms with van der Waals surface area (Å²) in [4.78, 5) is 11.9. The third-order valence-electron chi connectivity index (χ3n) is 2.50. The maximum absolute atomic E-state index is 11.9. The van der Waals surface area contributed by atoms with Crippen molar-refractivity contribution in [2.45, 2.75) is 32.4 Å². The van der Waals surface area contributed by atoms with Crippen LogP contribution < -0.4 is 5.73 Å². The predicted molar refractivity (Wildman–Crippen MR) is 64.1 cm³/mol. The summed E-state index contributed by atoms with van der Waals surface area (Å²) in [7, 11) is 0. The molecule has 0 saturated carbocycles. The fourth-order valence-electron chi connectivity index (χ4n) is 1.34. The van der Waals surface area contributed by atoms with Gasteiger partial charge in [-0.25, -0.2) is 0 Å². The Morgan fingerprint density at radius 3 is 2.44 bits per heavy atom. The molecule has 0 aromatic heterocycles. The van der Waals surface area contributed by atoms with Gasteiger partial charge in [0, 0.05) is 0 Å². The van der Waals surface area contributed by atoms with Crippen LogP contribution >= 0.6 is 0 Å². The van der Waals surface area contributed by atoms with Gasteiger partial charge in [-0.3, -0.25) is 4.79 Å². The van der Waals surface area contributed by atoms with Crippen molar-refractivity contribution in [2.24, 2.45) is 5.73 Å². The lowest BCUT2D eigenvalue weighted by Crippen LogP contribution is -2.44. The molecule has 0 aliphatic carbocycles. The number of carbonyl (C=O) groups excluding carboxylic acids is 1. The third-order valence-corrected chi connectivity index (χ3v) is 2.50. The zero-order valence-electron chi connectivity index (χ0n) is 10.1. The SMILES string of the molecule is CC(C)OCC(=O)C(C)(N)c1ccccc1. The third kappa shape index (κ3) is 3.15. The highest BCUT2D eigenvalue weighted by Gasteiger charge is 2.30. The van der Waals surface area contributed by atoms with E-state index in [0.29, 0.717) is 0 Å². The first-order valence-corrected chi connectivity index (χ1v) is 5.44. The second kappa shape index (κ2) is 5.23. The van der Waals surface area contributed by atoms with Crippen LogP contribution in [-0.2, 0) is 15.1 Å². The van der Waals surface area contributed by atoms with Gasteiger partial charge in [0.1, 0.15) is 6.61 Å². The largest absolute Gasteiger partial charge is 0.371 e. The second-order valence-corrected chi connectivity index (χ2v) is 4.35. The first-order valence-electron chi connectivity index (χ1n) is 5.44. The van der Waals surface area contributed by atoms with Crippen molar-refractivity contribution in [3.63, 3.8) is 0 Å². The number of nitrogens with two attached hydrogens (primary N) is 1. The fraction of sp³-hybridized carbons (Fsp3) is 0.462. The monoisotopic (exact) mass is 221 g/mol. The molecule has 1 unspecified atom stereocenters. The minimum atomic E-state index is -0.976. The molecule has 0 amide bonds. The van der Waals surface area contributed by atoms with Crippen LogP contribution in [0.15, 0.2) is 30.3 Å². The van der Waals surface area contributed by atoms with E-state index in [2.05, 4.69) is 0 Å². The van der Waals surface area contributed by atoms with Crippen LogP contribution in [0.25, 0.3) is 0 Å². The molecule has 0 aliphatic rings. The zero-order chi connectivity index (χ0) is 12.2. The maximum atomic E-state index is 11.9. The van der Waals surface area contributed by atoms with E-state index < -0.39 is 5.54 Å². The summed E-state index contributed by atoms with van der Waals surface area (Å²) < 4.78 is 5.28. The Bertz CT molecular complexity index is 344. The first-order chi connectivity index (χ1) is 7.44. The van der Waals surface area contributed by atoms with E-state index in [4.69, 9.17) is 10.5 Å². The average molecular weight is 221 g/mol. The Labute approximate surface area is 96.6 Å². The number of ether oxygens (including phenoxy) is 1. The number of Topliss-reactive ketones (excluding diaryl/α,β-unsaturated/α-hetero) is 1. The summed E-state index contributed by atoms with van der Waals surface area (Å²) >= 11 is 0. The molecule has 16 heavy (non-hydrogen) atoms. The van der Waals surface area contributed by atoms with Gasteiger partial charge in [0.15, 0.2) is 5.78 Å². The van der Waals surface area contributed by atoms with Gasteiger partial charge in [0.05, 0.1) is 11.6 Å². The molecule has 0 aliphatic heterocycles. The molecule has 1 aromatic carbocycles. The highest BCUT2D eigenvalue weighted by atomic mass is 16.5. The van der Waals surface area contributed by atoms with Gasteiger partial charge in [0.2, 0.25) is 0 Å².